The second kappa shape index (κ2) is 10.1. The Bertz CT molecular complexity index is 1210. The number of fused-ring (bicyclic) bond motifs is 2. The van der Waals surface area contributed by atoms with Gasteiger partial charge in [-0.25, -0.2) is 0 Å². The van der Waals surface area contributed by atoms with Crippen LogP contribution in [0.1, 0.15) is 22.4 Å². The molecule has 0 aliphatic carbocycles. The molecule has 0 N–H and O–H groups in total. The maximum atomic E-state index is 6.08. The summed E-state index contributed by atoms with van der Waals surface area (Å²) >= 11 is 0. The molecule has 0 saturated carbocycles. The molecular formula is C27H29N5O. The first-order valence-corrected chi connectivity index (χ1v) is 11.5. The van der Waals surface area contributed by atoms with Gasteiger partial charge in [-0.15, -0.1) is 0 Å². The van der Waals surface area contributed by atoms with Crippen molar-refractivity contribution in [1.29, 1.82) is 0 Å². The fourth-order valence-electron chi connectivity index (χ4n) is 4.40. The summed E-state index contributed by atoms with van der Waals surface area (Å²) in [4.78, 5) is 18.2. The Labute approximate surface area is 194 Å². The number of nitrogens with zero attached hydrogens (tertiary/aromatic N) is 5. The predicted molar refractivity (Wildman–Crippen MR) is 130 cm³/mol. The van der Waals surface area contributed by atoms with Gasteiger partial charge in [0.25, 0.3) is 0 Å². The minimum absolute atomic E-state index is 0.687. The molecule has 0 atom stereocenters. The zero-order valence-corrected chi connectivity index (χ0v) is 19.0. The Morgan fingerprint density at radius 1 is 0.970 bits per heavy atom. The van der Waals surface area contributed by atoms with E-state index in [2.05, 4.69) is 68.2 Å². The van der Waals surface area contributed by atoms with E-state index in [0.717, 1.165) is 61.6 Å². The highest BCUT2D eigenvalue weighted by Gasteiger charge is 2.17. The van der Waals surface area contributed by atoms with Crippen LogP contribution in [0.4, 0.5) is 0 Å². The Kier molecular flexibility index (Phi) is 6.56. The number of ether oxygens (including phenoxy) is 1. The first-order chi connectivity index (χ1) is 16.2. The molecule has 0 radical (unpaired) electrons. The first kappa shape index (κ1) is 21.5. The molecule has 3 heterocycles. The van der Waals surface area contributed by atoms with Crippen LogP contribution in [0.15, 0.2) is 73.2 Å². The molecule has 33 heavy (non-hydrogen) atoms. The van der Waals surface area contributed by atoms with Crippen LogP contribution in [-0.2, 0) is 26.1 Å². The normalized spacial score (nSPS) is 14.1. The van der Waals surface area contributed by atoms with Crippen molar-refractivity contribution in [3.63, 3.8) is 0 Å². The van der Waals surface area contributed by atoms with Crippen molar-refractivity contribution in [3.8, 4) is 5.75 Å². The van der Waals surface area contributed by atoms with Gasteiger partial charge in [-0.3, -0.25) is 19.9 Å². The lowest BCUT2D eigenvalue weighted by Gasteiger charge is -2.21. The Balaban J connectivity index is 1.26. The molecule has 168 valence electrons. The van der Waals surface area contributed by atoms with Gasteiger partial charge < -0.3 is 9.64 Å². The third-order valence-corrected chi connectivity index (χ3v) is 6.09. The third kappa shape index (κ3) is 5.35. The molecule has 1 aliphatic rings. The fourth-order valence-corrected chi connectivity index (χ4v) is 4.40. The summed E-state index contributed by atoms with van der Waals surface area (Å²) in [6.45, 7) is 5.12. The van der Waals surface area contributed by atoms with Gasteiger partial charge in [-0.2, -0.15) is 0 Å². The zero-order valence-electron chi connectivity index (χ0n) is 19.0. The van der Waals surface area contributed by atoms with Gasteiger partial charge in [-0.05, 0) is 48.5 Å². The average molecular weight is 440 g/mol. The van der Waals surface area contributed by atoms with Gasteiger partial charge in [0.2, 0.25) is 0 Å². The summed E-state index contributed by atoms with van der Waals surface area (Å²) in [6, 6.07) is 18.9. The van der Waals surface area contributed by atoms with E-state index in [4.69, 9.17) is 4.74 Å². The third-order valence-electron chi connectivity index (χ3n) is 6.09. The van der Waals surface area contributed by atoms with Crippen LogP contribution in [0.25, 0.3) is 11.0 Å². The highest BCUT2D eigenvalue weighted by Crippen LogP contribution is 2.26. The molecule has 2 aromatic carbocycles. The standard InChI is InChI=1S/C27H29N5O/c1-31(14-10-24-6-2-3-11-28-24)18-21-8-9-26-23(17-21)20-32(15-16-33-26)19-22-5-4-7-25-27(22)30-13-12-29-25/h2-9,11-13,17H,10,14-16,18-20H2,1H3. The van der Waals surface area contributed by atoms with Crippen molar-refractivity contribution in [1.82, 2.24) is 24.8 Å². The monoisotopic (exact) mass is 439 g/mol. The molecule has 6 nitrogen and oxygen atoms in total. The van der Waals surface area contributed by atoms with Crippen LogP contribution in [0, 0.1) is 0 Å². The van der Waals surface area contributed by atoms with E-state index in [1.165, 1.54) is 16.7 Å². The molecule has 0 bridgehead atoms. The zero-order chi connectivity index (χ0) is 22.5. The van der Waals surface area contributed by atoms with Gasteiger partial charge in [0.15, 0.2) is 0 Å². The summed E-state index contributed by atoms with van der Waals surface area (Å²) in [5, 5.41) is 0. The number of rotatable bonds is 7. The van der Waals surface area contributed by atoms with Crippen LogP contribution in [0.3, 0.4) is 0 Å². The van der Waals surface area contributed by atoms with Gasteiger partial charge in [-0.1, -0.05) is 24.3 Å². The minimum Gasteiger partial charge on any atom is -0.492 e. The Hall–Kier alpha value is -3.35. The molecule has 0 spiro atoms. The molecule has 0 amide bonds. The molecular weight excluding hydrogens is 410 g/mol. The smallest absolute Gasteiger partial charge is 0.123 e. The summed E-state index contributed by atoms with van der Waals surface area (Å²) in [6.07, 6.45) is 6.33. The summed E-state index contributed by atoms with van der Waals surface area (Å²) in [7, 11) is 2.17. The lowest BCUT2D eigenvalue weighted by Crippen LogP contribution is -2.25. The number of hydrogen-bond acceptors (Lipinski definition) is 6. The van der Waals surface area contributed by atoms with Crippen LogP contribution >= 0.6 is 0 Å². The van der Waals surface area contributed by atoms with E-state index in [9.17, 15) is 0 Å². The molecule has 2 aromatic heterocycles. The summed E-state index contributed by atoms with van der Waals surface area (Å²) in [5.74, 6) is 0.995. The number of aromatic nitrogens is 3. The highest BCUT2D eigenvalue weighted by atomic mass is 16.5. The van der Waals surface area contributed by atoms with Crippen molar-refractivity contribution in [2.75, 3.05) is 26.7 Å². The molecule has 5 rings (SSSR count). The quantitative estimate of drug-likeness (QED) is 0.432. The van der Waals surface area contributed by atoms with E-state index in [0.29, 0.717) is 6.61 Å². The van der Waals surface area contributed by atoms with Crippen LogP contribution in [0.2, 0.25) is 0 Å². The van der Waals surface area contributed by atoms with Gasteiger partial charge in [0.1, 0.15) is 12.4 Å². The molecule has 6 heteroatoms. The molecule has 0 fully saturated rings. The minimum atomic E-state index is 0.687. The molecule has 0 unspecified atom stereocenters. The summed E-state index contributed by atoms with van der Waals surface area (Å²) in [5.41, 5.74) is 6.81. The highest BCUT2D eigenvalue weighted by molar-refractivity contribution is 5.77. The lowest BCUT2D eigenvalue weighted by atomic mass is 10.1. The topological polar surface area (TPSA) is 54.4 Å². The maximum Gasteiger partial charge on any atom is 0.123 e. The van der Waals surface area contributed by atoms with E-state index < -0.39 is 0 Å². The fraction of sp³-hybridized carbons (Fsp3) is 0.296. The van der Waals surface area contributed by atoms with E-state index >= 15 is 0 Å². The number of benzene rings is 2. The lowest BCUT2D eigenvalue weighted by molar-refractivity contribution is 0.220. The van der Waals surface area contributed by atoms with Crippen LogP contribution < -0.4 is 4.74 Å². The Morgan fingerprint density at radius 3 is 2.82 bits per heavy atom. The SMILES string of the molecule is CN(CCc1ccccn1)Cc1ccc2c(c1)CN(Cc1cccc3nccnc13)CCO2. The summed E-state index contributed by atoms with van der Waals surface area (Å²) < 4.78 is 6.08. The van der Waals surface area contributed by atoms with Gasteiger partial charge in [0, 0.05) is 69.0 Å². The first-order valence-electron chi connectivity index (χ1n) is 11.5. The number of para-hydroxylation sites is 1. The van der Waals surface area contributed by atoms with E-state index in [1.54, 1.807) is 12.4 Å². The number of pyridine rings is 1. The molecule has 4 aromatic rings. The van der Waals surface area contributed by atoms with Gasteiger partial charge in [0.05, 0.1) is 11.0 Å². The van der Waals surface area contributed by atoms with Crippen molar-refractivity contribution >= 4 is 11.0 Å². The number of hydrogen-bond donors (Lipinski definition) is 0. The maximum absolute atomic E-state index is 6.08. The largest absolute Gasteiger partial charge is 0.492 e. The van der Waals surface area contributed by atoms with Crippen LogP contribution in [0.5, 0.6) is 5.75 Å². The van der Waals surface area contributed by atoms with Crippen molar-refractivity contribution in [2.45, 2.75) is 26.1 Å². The van der Waals surface area contributed by atoms with E-state index in [1.807, 2.05) is 24.4 Å². The average Bonchev–Trinajstić information content (AvgIpc) is 3.05. The van der Waals surface area contributed by atoms with Crippen molar-refractivity contribution in [3.05, 3.63) is 95.6 Å². The van der Waals surface area contributed by atoms with Crippen molar-refractivity contribution < 1.29 is 4.74 Å². The second-order valence-electron chi connectivity index (χ2n) is 8.65. The molecule has 1 aliphatic heterocycles. The number of likely N-dealkylation sites (N-methyl/N-ethyl adjacent to an activating group) is 1. The molecule has 0 saturated heterocycles. The van der Waals surface area contributed by atoms with E-state index in [-0.39, 0.29) is 0 Å². The van der Waals surface area contributed by atoms with Crippen LogP contribution in [-0.4, -0.2) is 51.5 Å². The second-order valence-corrected chi connectivity index (χ2v) is 8.65. The Morgan fingerprint density at radius 2 is 1.91 bits per heavy atom. The predicted octanol–water partition coefficient (Wildman–Crippen LogP) is 4.09. The van der Waals surface area contributed by atoms with Gasteiger partial charge >= 0.3 is 0 Å². The van der Waals surface area contributed by atoms with Crippen molar-refractivity contribution in [2.24, 2.45) is 0 Å².